The van der Waals surface area contributed by atoms with Gasteiger partial charge in [-0.3, -0.25) is 4.68 Å². The lowest BCUT2D eigenvalue weighted by Crippen LogP contribution is -2.33. The molecule has 0 spiro atoms. The third kappa shape index (κ3) is 4.93. The van der Waals surface area contributed by atoms with Gasteiger partial charge in [0.2, 0.25) is 10.0 Å². The van der Waals surface area contributed by atoms with Crippen molar-refractivity contribution in [1.29, 1.82) is 0 Å². The summed E-state index contributed by atoms with van der Waals surface area (Å²) in [6.07, 6.45) is 4.26. The minimum Gasteiger partial charge on any atom is -0.396 e. The van der Waals surface area contributed by atoms with Crippen LogP contribution in [0.4, 0.5) is 0 Å². The Bertz CT molecular complexity index is 494. The van der Waals surface area contributed by atoms with E-state index in [1.807, 2.05) is 20.8 Å². The lowest BCUT2D eigenvalue weighted by molar-refractivity contribution is 0.277. The number of hydrogen-bond donors (Lipinski definition) is 2. The normalized spacial score (nSPS) is 12.8. The van der Waals surface area contributed by atoms with Gasteiger partial charge in [-0.15, -0.1) is 0 Å². The van der Waals surface area contributed by atoms with Crippen LogP contribution in [-0.4, -0.2) is 36.5 Å². The van der Waals surface area contributed by atoms with E-state index in [2.05, 4.69) is 9.82 Å². The number of aliphatic hydroxyl groups is 1. The van der Waals surface area contributed by atoms with E-state index in [9.17, 15) is 8.42 Å². The summed E-state index contributed by atoms with van der Waals surface area (Å²) < 4.78 is 28.3. The average Bonchev–Trinajstić information content (AvgIpc) is 2.84. The van der Waals surface area contributed by atoms with Crippen LogP contribution < -0.4 is 4.72 Å². The van der Waals surface area contributed by atoms with E-state index in [1.54, 1.807) is 0 Å². The smallest absolute Gasteiger partial charge is 0.243 e. The summed E-state index contributed by atoms with van der Waals surface area (Å²) in [6, 6.07) is 0. The van der Waals surface area contributed by atoms with Crippen molar-refractivity contribution >= 4 is 10.0 Å². The van der Waals surface area contributed by atoms with Gasteiger partial charge < -0.3 is 5.11 Å². The van der Waals surface area contributed by atoms with Gasteiger partial charge >= 0.3 is 0 Å². The zero-order valence-corrected chi connectivity index (χ0v) is 12.6. The molecule has 0 radical (unpaired) electrons. The molecule has 1 rings (SSSR count). The number of sulfonamides is 1. The zero-order valence-electron chi connectivity index (χ0n) is 11.8. The third-order valence-electron chi connectivity index (χ3n) is 3.16. The molecule has 1 heterocycles. The molecular weight excluding hydrogens is 266 g/mol. The van der Waals surface area contributed by atoms with Crippen LogP contribution in [-0.2, 0) is 16.6 Å². The van der Waals surface area contributed by atoms with Crippen LogP contribution in [0, 0.1) is 5.41 Å². The molecule has 0 fully saturated rings. The van der Waals surface area contributed by atoms with Crippen molar-refractivity contribution in [3.05, 3.63) is 12.4 Å². The Labute approximate surface area is 114 Å². The molecule has 2 N–H and O–H groups in total. The van der Waals surface area contributed by atoms with Gasteiger partial charge in [-0.25, -0.2) is 13.1 Å². The Morgan fingerprint density at radius 1 is 1.47 bits per heavy atom. The Kier molecular flexibility index (Phi) is 5.51. The van der Waals surface area contributed by atoms with E-state index >= 15 is 0 Å². The molecule has 1 aromatic heterocycles. The zero-order chi connectivity index (χ0) is 14.5. The van der Waals surface area contributed by atoms with E-state index in [4.69, 9.17) is 5.11 Å². The molecule has 0 aliphatic carbocycles. The first kappa shape index (κ1) is 16.1. The summed E-state index contributed by atoms with van der Waals surface area (Å²) in [6.45, 7) is 7.02. The molecule has 0 aliphatic rings. The molecule has 110 valence electrons. The third-order valence-corrected chi connectivity index (χ3v) is 4.52. The monoisotopic (exact) mass is 289 g/mol. The first-order valence-corrected chi connectivity index (χ1v) is 7.92. The van der Waals surface area contributed by atoms with E-state index in [1.165, 1.54) is 17.1 Å². The molecule has 0 saturated heterocycles. The SMILES string of the molecule is CCC(C)(C)CNS(=O)(=O)c1cnn(CCCO)c1. The average molecular weight is 289 g/mol. The van der Waals surface area contributed by atoms with Gasteiger partial charge in [0.1, 0.15) is 4.90 Å². The van der Waals surface area contributed by atoms with Crippen LogP contribution in [0.2, 0.25) is 0 Å². The lowest BCUT2D eigenvalue weighted by Gasteiger charge is -2.22. The Balaban J connectivity index is 2.69. The molecule has 7 heteroatoms. The van der Waals surface area contributed by atoms with E-state index in [0.29, 0.717) is 19.5 Å². The summed E-state index contributed by atoms with van der Waals surface area (Å²) in [5.74, 6) is 0. The summed E-state index contributed by atoms with van der Waals surface area (Å²) in [7, 11) is -3.50. The number of hydrogen-bond acceptors (Lipinski definition) is 4. The number of rotatable bonds is 8. The maximum Gasteiger partial charge on any atom is 0.243 e. The highest BCUT2D eigenvalue weighted by atomic mass is 32.2. The van der Waals surface area contributed by atoms with Crippen LogP contribution in [0.15, 0.2) is 17.3 Å². The fourth-order valence-corrected chi connectivity index (χ4v) is 2.53. The first-order chi connectivity index (χ1) is 8.80. The number of aromatic nitrogens is 2. The second kappa shape index (κ2) is 6.49. The molecule has 0 bridgehead atoms. The largest absolute Gasteiger partial charge is 0.396 e. The van der Waals surface area contributed by atoms with Crippen molar-refractivity contribution in [2.24, 2.45) is 5.41 Å². The van der Waals surface area contributed by atoms with Gasteiger partial charge in [0.15, 0.2) is 0 Å². The maximum atomic E-state index is 12.1. The highest BCUT2D eigenvalue weighted by molar-refractivity contribution is 7.89. The topological polar surface area (TPSA) is 84.2 Å². The van der Waals surface area contributed by atoms with E-state index < -0.39 is 10.0 Å². The van der Waals surface area contributed by atoms with Crippen molar-refractivity contribution in [2.75, 3.05) is 13.2 Å². The van der Waals surface area contributed by atoms with Crippen LogP contribution >= 0.6 is 0 Å². The molecule has 0 saturated carbocycles. The summed E-state index contributed by atoms with van der Waals surface area (Å²) >= 11 is 0. The molecular formula is C12H23N3O3S. The first-order valence-electron chi connectivity index (χ1n) is 6.44. The predicted octanol–water partition coefficient (Wildman–Crippen LogP) is 0.980. The Hall–Kier alpha value is -0.920. The van der Waals surface area contributed by atoms with Crippen LogP contribution in [0.25, 0.3) is 0 Å². The van der Waals surface area contributed by atoms with Crippen LogP contribution in [0.1, 0.15) is 33.6 Å². The van der Waals surface area contributed by atoms with Gasteiger partial charge in [0, 0.05) is 25.9 Å². The molecule has 0 aromatic carbocycles. The summed E-state index contributed by atoms with van der Waals surface area (Å²) in [5.41, 5.74) is -0.0695. The molecule has 0 unspecified atom stereocenters. The molecule has 0 aliphatic heterocycles. The standard InChI is InChI=1S/C12H23N3O3S/c1-4-12(2,3)10-14-19(17,18)11-8-13-15(9-11)6-5-7-16/h8-9,14,16H,4-7,10H2,1-3H3. The second-order valence-electron chi connectivity index (χ2n) is 5.36. The number of aryl methyl sites for hydroxylation is 1. The number of nitrogens with one attached hydrogen (secondary N) is 1. The summed E-state index contributed by atoms with van der Waals surface area (Å²) in [5, 5.41) is 12.7. The molecule has 0 amide bonds. The molecule has 1 aromatic rings. The highest BCUT2D eigenvalue weighted by Gasteiger charge is 2.21. The minimum absolute atomic E-state index is 0.0604. The van der Waals surface area contributed by atoms with Gasteiger partial charge in [0.05, 0.1) is 6.20 Å². The van der Waals surface area contributed by atoms with Crippen molar-refractivity contribution in [1.82, 2.24) is 14.5 Å². The van der Waals surface area contributed by atoms with Gasteiger partial charge in [-0.1, -0.05) is 20.8 Å². The van der Waals surface area contributed by atoms with E-state index in [0.717, 1.165) is 6.42 Å². The van der Waals surface area contributed by atoms with Crippen molar-refractivity contribution < 1.29 is 13.5 Å². The quantitative estimate of drug-likeness (QED) is 0.747. The Morgan fingerprint density at radius 3 is 2.74 bits per heavy atom. The van der Waals surface area contributed by atoms with Gasteiger partial charge in [-0.2, -0.15) is 5.10 Å². The van der Waals surface area contributed by atoms with Crippen molar-refractivity contribution in [3.8, 4) is 0 Å². The van der Waals surface area contributed by atoms with Crippen molar-refractivity contribution in [3.63, 3.8) is 0 Å². The minimum atomic E-state index is -3.50. The van der Waals surface area contributed by atoms with Gasteiger partial charge in [-0.05, 0) is 18.3 Å². The predicted molar refractivity (Wildman–Crippen MR) is 73.2 cm³/mol. The maximum absolute atomic E-state index is 12.1. The Morgan fingerprint density at radius 2 is 2.16 bits per heavy atom. The fraction of sp³-hybridized carbons (Fsp3) is 0.750. The summed E-state index contributed by atoms with van der Waals surface area (Å²) in [4.78, 5) is 0.164. The van der Waals surface area contributed by atoms with E-state index in [-0.39, 0.29) is 16.9 Å². The number of aliphatic hydroxyl groups excluding tert-OH is 1. The van der Waals surface area contributed by atoms with Gasteiger partial charge in [0.25, 0.3) is 0 Å². The second-order valence-corrected chi connectivity index (χ2v) is 7.13. The lowest BCUT2D eigenvalue weighted by atomic mass is 9.91. The van der Waals surface area contributed by atoms with Crippen LogP contribution in [0.3, 0.4) is 0 Å². The van der Waals surface area contributed by atoms with Crippen molar-refractivity contribution in [2.45, 2.75) is 45.1 Å². The number of nitrogens with zero attached hydrogens (tertiary/aromatic N) is 2. The fourth-order valence-electron chi connectivity index (χ4n) is 1.34. The molecule has 0 atom stereocenters. The molecule has 19 heavy (non-hydrogen) atoms. The molecule has 6 nitrogen and oxygen atoms in total. The van der Waals surface area contributed by atoms with Crippen LogP contribution in [0.5, 0.6) is 0 Å². The highest BCUT2D eigenvalue weighted by Crippen LogP contribution is 2.19.